The Morgan fingerprint density at radius 2 is 0.823 bits per heavy atom. The van der Waals surface area contributed by atoms with Gasteiger partial charge in [-0.15, -0.1) is 0 Å². The van der Waals surface area contributed by atoms with E-state index in [0.29, 0.717) is 0 Å². The van der Waals surface area contributed by atoms with Crippen molar-refractivity contribution in [3.63, 3.8) is 0 Å². The van der Waals surface area contributed by atoms with Gasteiger partial charge in [-0.1, -0.05) is 234 Å². The van der Waals surface area contributed by atoms with Crippen molar-refractivity contribution in [1.82, 2.24) is 0 Å². The molecule has 4 heteroatoms. The first-order chi connectivity index (χ1) is 37.8. The molecule has 0 spiro atoms. The van der Waals surface area contributed by atoms with E-state index in [9.17, 15) is 0 Å². The highest BCUT2D eigenvalue weighted by atomic mass is 15.3. The molecule has 0 saturated heterocycles. The summed E-state index contributed by atoms with van der Waals surface area (Å²) in [5.41, 5.74) is 26.1. The van der Waals surface area contributed by atoms with Crippen molar-refractivity contribution < 1.29 is 0 Å². The Morgan fingerprint density at radius 1 is 0.367 bits per heavy atom. The summed E-state index contributed by atoms with van der Waals surface area (Å²) in [5, 5.41) is 0. The van der Waals surface area contributed by atoms with Gasteiger partial charge in [-0.2, -0.15) is 0 Å². The second kappa shape index (κ2) is 18.5. The van der Waals surface area contributed by atoms with Gasteiger partial charge in [0.15, 0.2) is 0 Å². The summed E-state index contributed by atoms with van der Waals surface area (Å²) in [6.45, 7) is 26.3. The van der Waals surface area contributed by atoms with Crippen molar-refractivity contribution in [2.75, 3.05) is 14.7 Å². The Bertz CT molecular complexity index is 3820. The third-order valence-corrected chi connectivity index (χ3v) is 18.9. The Labute approximate surface area is 472 Å². The molecule has 3 nitrogen and oxygen atoms in total. The second-order valence-corrected chi connectivity index (χ2v) is 26.9. The van der Waals surface area contributed by atoms with E-state index >= 15 is 0 Å². The van der Waals surface area contributed by atoms with Crippen LogP contribution < -0.4 is 31.1 Å². The average Bonchev–Trinajstić information content (AvgIpc) is 2.87. The summed E-state index contributed by atoms with van der Waals surface area (Å²) in [4.78, 5) is 8.23. The van der Waals surface area contributed by atoms with Gasteiger partial charge in [0.05, 0.1) is 16.9 Å². The van der Waals surface area contributed by atoms with E-state index in [1.165, 1.54) is 137 Å². The van der Waals surface area contributed by atoms with Crippen LogP contribution in [0.2, 0.25) is 0 Å². The first-order valence-electron chi connectivity index (χ1n) is 29.3. The number of nitrogens with zero attached hydrogens (tertiary/aromatic N) is 3. The van der Waals surface area contributed by atoms with Crippen molar-refractivity contribution >= 4 is 68.6 Å². The van der Waals surface area contributed by atoms with Crippen molar-refractivity contribution in [3.8, 4) is 33.4 Å². The third-order valence-electron chi connectivity index (χ3n) is 18.9. The number of fused-ring (bicyclic) bond motifs is 7. The number of para-hydroxylation sites is 1. The number of hydrogen-bond acceptors (Lipinski definition) is 3. The largest absolute Gasteiger partial charge is 0.334 e. The van der Waals surface area contributed by atoms with Crippen molar-refractivity contribution in [2.45, 2.75) is 135 Å². The number of hydrogen-bond donors (Lipinski definition) is 0. The highest BCUT2D eigenvalue weighted by Crippen LogP contribution is 2.61. The standard InChI is InChI=1S/C75H76BN3/c1-71(2,3)54-36-40-63(58(45-54)51-28-18-13-19-29-51)77-66-44-53(50-26-16-12-17-27-50)34-38-61(66)76-62-39-35-56(73(7,8)9)47-67(62)78(64-41-37-55(72(4,5)6)46-59(64)52-30-20-14-21-31-52)69-49-57(48-68(77)70(69)76)79-65-33-23-22-32-60(65)74(10)42-24-15-25-43-75(74,79)11/h12-14,16-23,26-41,44-49H,15,24-25,42-43H2,1-11H3. The highest BCUT2D eigenvalue weighted by molar-refractivity contribution is 7.00. The van der Waals surface area contributed by atoms with Crippen LogP contribution in [0.15, 0.2) is 200 Å². The molecule has 394 valence electrons. The summed E-state index contributed by atoms with van der Waals surface area (Å²) in [6.07, 6.45) is 5.97. The van der Waals surface area contributed by atoms with Crippen LogP contribution in [0.5, 0.6) is 0 Å². The first-order valence-corrected chi connectivity index (χ1v) is 29.3. The lowest BCUT2D eigenvalue weighted by Crippen LogP contribution is -2.61. The zero-order valence-electron chi connectivity index (χ0n) is 48.5. The fourth-order valence-electron chi connectivity index (χ4n) is 14.3. The maximum Gasteiger partial charge on any atom is 0.252 e. The molecule has 0 aromatic heterocycles. The summed E-state index contributed by atoms with van der Waals surface area (Å²) in [6, 6.07) is 77.5. The molecule has 1 fully saturated rings. The molecule has 0 radical (unpaired) electrons. The molecule has 2 unspecified atom stereocenters. The molecule has 3 heterocycles. The first kappa shape index (κ1) is 50.9. The second-order valence-electron chi connectivity index (χ2n) is 26.9. The molecule has 13 rings (SSSR count). The Hall–Kier alpha value is -7.56. The van der Waals surface area contributed by atoms with Gasteiger partial charge >= 0.3 is 0 Å². The smallest absolute Gasteiger partial charge is 0.252 e. The van der Waals surface area contributed by atoms with Crippen molar-refractivity contribution in [1.29, 1.82) is 0 Å². The lowest BCUT2D eigenvalue weighted by atomic mass is 9.33. The lowest BCUT2D eigenvalue weighted by Gasteiger charge is -2.49. The lowest BCUT2D eigenvalue weighted by molar-refractivity contribution is 0.261. The van der Waals surface area contributed by atoms with E-state index in [0.717, 1.165) is 12.8 Å². The van der Waals surface area contributed by atoms with Crippen molar-refractivity contribution in [3.05, 3.63) is 222 Å². The molecule has 1 aliphatic carbocycles. The van der Waals surface area contributed by atoms with Gasteiger partial charge in [-0.05, 0) is 152 Å². The maximum absolute atomic E-state index is 2.83. The molecule has 0 bridgehead atoms. The summed E-state index contributed by atoms with van der Waals surface area (Å²) in [5.74, 6) is 0. The van der Waals surface area contributed by atoms with Crippen LogP contribution in [-0.2, 0) is 21.7 Å². The van der Waals surface area contributed by atoms with Crippen LogP contribution in [0.1, 0.15) is 131 Å². The molecule has 3 aliphatic heterocycles. The summed E-state index contributed by atoms with van der Waals surface area (Å²) in [7, 11) is 0. The molecule has 79 heavy (non-hydrogen) atoms. The monoisotopic (exact) mass is 1030 g/mol. The number of anilines is 8. The summed E-state index contributed by atoms with van der Waals surface area (Å²) < 4.78 is 0. The molecule has 9 aromatic carbocycles. The normalized spacial score (nSPS) is 18.6. The SMILES string of the molecule is CC(C)(C)c1ccc(N2c3cc(-c4ccccc4)ccc3B3c4ccc(C(C)(C)C)cc4N(c4ccc(C(C)(C)C)cc4-c4ccccc4)c4cc(N5c6ccccc6C6(C)CCCCCC56C)cc2c43)c(-c2ccccc2)c1. The predicted octanol–water partition coefficient (Wildman–Crippen LogP) is 18.8. The van der Waals surface area contributed by atoms with Gasteiger partial charge in [-0.25, -0.2) is 0 Å². The topological polar surface area (TPSA) is 9.72 Å². The van der Waals surface area contributed by atoms with E-state index < -0.39 is 0 Å². The van der Waals surface area contributed by atoms with Gasteiger partial charge in [0.1, 0.15) is 0 Å². The van der Waals surface area contributed by atoms with Gasteiger partial charge in [-0.3, -0.25) is 0 Å². The van der Waals surface area contributed by atoms with Crippen LogP contribution in [-0.4, -0.2) is 12.3 Å². The summed E-state index contributed by atoms with van der Waals surface area (Å²) >= 11 is 0. The van der Waals surface area contributed by atoms with E-state index in [4.69, 9.17) is 0 Å². The molecular weight excluding hydrogens is 954 g/mol. The number of rotatable bonds is 6. The molecular formula is C75H76BN3. The Morgan fingerprint density at radius 3 is 1.37 bits per heavy atom. The van der Waals surface area contributed by atoms with Gasteiger partial charge in [0.2, 0.25) is 0 Å². The van der Waals surface area contributed by atoms with Crippen molar-refractivity contribution in [2.24, 2.45) is 0 Å². The van der Waals surface area contributed by atoms with E-state index in [-0.39, 0.29) is 33.9 Å². The van der Waals surface area contributed by atoms with Gasteiger partial charge in [0, 0.05) is 50.7 Å². The molecule has 1 saturated carbocycles. The van der Waals surface area contributed by atoms with Gasteiger partial charge < -0.3 is 14.7 Å². The quantitative estimate of drug-likeness (QED) is 0.154. The van der Waals surface area contributed by atoms with Crippen LogP contribution in [0, 0.1) is 0 Å². The fraction of sp³-hybridized carbons (Fsp3) is 0.280. The number of benzene rings is 9. The molecule has 2 atom stereocenters. The third kappa shape index (κ3) is 8.21. The Balaban J connectivity index is 1.21. The fourth-order valence-corrected chi connectivity index (χ4v) is 14.3. The minimum absolute atomic E-state index is 0.0485. The Kier molecular flexibility index (Phi) is 11.9. The molecule has 0 N–H and O–H groups in total. The van der Waals surface area contributed by atoms with Crippen LogP contribution >= 0.6 is 0 Å². The van der Waals surface area contributed by atoms with Crippen LogP contribution in [0.3, 0.4) is 0 Å². The molecule has 0 amide bonds. The van der Waals surface area contributed by atoms with Crippen LogP contribution in [0.25, 0.3) is 33.4 Å². The zero-order chi connectivity index (χ0) is 54.8. The van der Waals surface area contributed by atoms with E-state index in [1.807, 2.05) is 0 Å². The minimum atomic E-state index is -0.185. The van der Waals surface area contributed by atoms with E-state index in [1.54, 1.807) is 0 Å². The predicted molar refractivity (Wildman–Crippen MR) is 340 cm³/mol. The van der Waals surface area contributed by atoms with Gasteiger partial charge in [0.25, 0.3) is 6.71 Å². The van der Waals surface area contributed by atoms with E-state index in [2.05, 4.69) is 291 Å². The zero-order valence-corrected chi connectivity index (χ0v) is 48.5. The molecule has 9 aromatic rings. The van der Waals surface area contributed by atoms with Crippen LogP contribution in [0.4, 0.5) is 45.5 Å². The maximum atomic E-state index is 2.83. The molecule has 4 aliphatic rings. The minimum Gasteiger partial charge on any atom is -0.334 e. The highest BCUT2D eigenvalue weighted by Gasteiger charge is 2.57. The average molecular weight is 1030 g/mol.